The molecule has 108 valence electrons. The van der Waals surface area contributed by atoms with Gasteiger partial charge in [0.05, 0.1) is 0 Å². The monoisotopic (exact) mass is 281 g/mol. The fourth-order valence-electron chi connectivity index (χ4n) is 2.21. The average molecular weight is 281 g/mol. The summed E-state index contributed by atoms with van der Waals surface area (Å²) in [5.74, 6) is 0.903. The van der Waals surface area contributed by atoms with Crippen molar-refractivity contribution in [1.29, 1.82) is 0 Å². The zero-order valence-corrected chi connectivity index (χ0v) is 13.5. The third kappa shape index (κ3) is 4.46. The van der Waals surface area contributed by atoms with Crippen LogP contribution in [0.4, 0.5) is 5.13 Å². The topological polar surface area (TPSA) is 28.2 Å². The summed E-state index contributed by atoms with van der Waals surface area (Å²) in [6.45, 7) is 12.0. The molecular formula is C15H27N3S. The molecule has 1 heterocycles. The average Bonchev–Trinajstić information content (AvgIpc) is 2.73. The fraction of sp³-hybridized carbons (Fsp3) is 0.800. The van der Waals surface area contributed by atoms with E-state index in [2.05, 4.69) is 42.9 Å². The Labute approximate surface area is 121 Å². The molecule has 0 aromatic carbocycles. The van der Waals surface area contributed by atoms with Gasteiger partial charge in [0.2, 0.25) is 0 Å². The molecule has 0 aliphatic heterocycles. The van der Waals surface area contributed by atoms with Crippen molar-refractivity contribution in [1.82, 2.24) is 10.3 Å². The summed E-state index contributed by atoms with van der Waals surface area (Å²) in [5.41, 5.74) is 0.167. The van der Waals surface area contributed by atoms with Gasteiger partial charge in [-0.1, -0.05) is 6.42 Å². The highest BCUT2D eigenvalue weighted by Gasteiger charge is 2.21. The quantitative estimate of drug-likeness (QED) is 0.862. The summed E-state index contributed by atoms with van der Waals surface area (Å²) in [6, 6.07) is 0. The molecule has 0 spiro atoms. The molecule has 0 atom stereocenters. The molecule has 1 aliphatic carbocycles. The first-order valence-electron chi connectivity index (χ1n) is 7.42. The lowest BCUT2D eigenvalue weighted by atomic mass is 9.85. The van der Waals surface area contributed by atoms with Crippen molar-refractivity contribution in [3.05, 3.63) is 11.1 Å². The summed E-state index contributed by atoms with van der Waals surface area (Å²) in [5, 5.41) is 4.72. The Balaban J connectivity index is 1.90. The minimum atomic E-state index is 0.167. The Morgan fingerprint density at radius 2 is 2.16 bits per heavy atom. The molecule has 1 aromatic heterocycles. The van der Waals surface area contributed by atoms with Gasteiger partial charge in [0.1, 0.15) is 0 Å². The highest BCUT2D eigenvalue weighted by atomic mass is 32.1. The van der Waals surface area contributed by atoms with Crippen molar-refractivity contribution in [3.8, 4) is 0 Å². The third-order valence-corrected chi connectivity index (χ3v) is 4.75. The molecule has 3 nitrogen and oxygen atoms in total. The first-order valence-corrected chi connectivity index (χ1v) is 8.24. The van der Waals surface area contributed by atoms with E-state index < -0.39 is 0 Å². The van der Waals surface area contributed by atoms with Crippen LogP contribution in [-0.2, 0) is 6.54 Å². The zero-order valence-electron chi connectivity index (χ0n) is 12.7. The summed E-state index contributed by atoms with van der Waals surface area (Å²) in [6.07, 6.45) is 6.25. The van der Waals surface area contributed by atoms with Crippen LogP contribution < -0.4 is 10.2 Å². The van der Waals surface area contributed by atoms with Gasteiger partial charge in [-0.2, -0.15) is 0 Å². The van der Waals surface area contributed by atoms with Crippen LogP contribution in [0.3, 0.4) is 0 Å². The van der Waals surface area contributed by atoms with Gasteiger partial charge in [0, 0.05) is 36.2 Å². The number of nitrogens with one attached hydrogen (secondary N) is 1. The van der Waals surface area contributed by atoms with Crippen molar-refractivity contribution in [2.45, 2.75) is 59.0 Å². The van der Waals surface area contributed by atoms with Gasteiger partial charge in [-0.05, 0) is 46.5 Å². The second-order valence-corrected chi connectivity index (χ2v) is 7.64. The molecule has 0 saturated heterocycles. The van der Waals surface area contributed by atoms with Crippen LogP contribution in [0.1, 0.15) is 51.8 Å². The van der Waals surface area contributed by atoms with Gasteiger partial charge in [0.15, 0.2) is 5.13 Å². The van der Waals surface area contributed by atoms with Gasteiger partial charge >= 0.3 is 0 Å². The van der Waals surface area contributed by atoms with Gasteiger partial charge in [-0.3, -0.25) is 0 Å². The molecule has 19 heavy (non-hydrogen) atoms. The molecule has 1 fully saturated rings. The largest absolute Gasteiger partial charge is 0.348 e. The Bertz CT molecular complexity index is 390. The van der Waals surface area contributed by atoms with Crippen LogP contribution >= 0.6 is 11.3 Å². The normalized spacial score (nSPS) is 16.4. The first kappa shape index (κ1) is 14.8. The smallest absolute Gasteiger partial charge is 0.185 e. The lowest BCUT2D eigenvalue weighted by molar-refractivity contribution is 0.318. The maximum absolute atomic E-state index is 4.60. The second-order valence-electron chi connectivity index (χ2n) is 6.55. The summed E-state index contributed by atoms with van der Waals surface area (Å²) >= 11 is 1.84. The van der Waals surface area contributed by atoms with E-state index in [0.29, 0.717) is 0 Å². The number of rotatable bonds is 6. The molecule has 0 radical (unpaired) electrons. The minimum absolute atomic E-state index is 0.167. The molecule has 0 amide bonds. The van der Waals surface area contributed by atoms with Crippen LogP contribution in [-0.4, -0.2) is 23.6 Å². The molecule has 0 unspecified atom stereocenters. The van der Waals surface area contributed by atoms with Gasteiger partial charge < -0.3 is 10.2 Å². The molecule has 1 aromatic rings. The number of thiazole rings is 1. The molecule has 2 rings (SSSR count). The van der Waals surface area contributed by atoms with Crippen LogP contribution in [0.2, 0.25) is 0 Å². The Kier molecular flexibility index (Phi) is 4.85. The Hall–Kier alpha value is -0.610. The standard InChI is InChI=1S/C15H27N3S/c1-5-18(11-12-7-6-8-12)14-16-9-13(19-14)10-17-15(2,3)4/h9,12,17H,5-8,10-11H2,1-4H3. The van der Waals surface area contributed by atoms with E-state index in [-0.39, 0.29) is 5.54 Å². The predicted molar refractivity (Wildman–Crippen MR) is 83.9 cm³/mol. The number of hydrogen-bond acceptors (Lipinski definition) is 4. The van der Waals surface area contributed by atoms with Crippen LogP contribution in [0.25, 0.3) is 0 Å². The highest BCUT2D eigenvalue weighted by molar-refractivity contribution is 7.15. The maximum Gasteiger partial charge on any atom is 0.185 e. The maximum atomic E-state index is 4.60. The fourth-order valence-corrected chi connectivity index (χ4v) is 3.13. The van der Waals surface area contributed by atoms with Crippen LogP contribution in [0.5, 0.6) is 0 Å². The van der Waals surface area contributed by atoms with Crippen molar-refractivity contribution in [2.75, 3.05) is 18.0 Å². The minimum Gasteiger partial charge on any atom is -0.348 e. The summed E-state index contributed by atoms with van der Waals surface area (Å²) in [4.78, 5) is 8.37. The lowest BCUT2D eigenvalue weighted by Crippen LogP contribution is -2.34. The molecular weight excluding hydrogens is 254 g/mol. The molecule has 4 heteroatoms. The Morgan fingerprint density at radius 3 is 2.68 bits per heavy atom. The predicted octanol–water partition coefficient (Wildman–Crippen LogP) is 3.66. The number of aromatic nitrogens is 1. The highest BCUT2D eigenvalue weighted by Crippen LogP contribution is 2.30. The van der Waals surface area contributed by atoms with E-state index in [1.54, 1.807) is 0 Å². The van der Waals surface area contributed by atoms with Gasteiger partial charge in [0.25, 0.3) is 0 Å². The molecule has 1 saturated carbocycles. The number of anilines is 1. The summed E-state index contributed by atoms with van der Waals surface area (Å²) < 4.78 is 0. The van der Waals surface area contributed by atoms with Crippen molar-refractivity contribution >= 4 is 16.5 Å². The zero-order chi connectivity index (χ0) is 13.9. The van der Waals surface area contributed by atoms with Gasteiger partial charge in [-0.15, -0.1) is 11.3 Å². The van der Waals surface area contributed by atoms with Gasteiger partial charge in [-0.25, -0.2) is 4.98 Å². The lowest BCUT2D eigenvalue weighted by Gasteiger charge is -2.31. The third-order valence-electron chi connectivity index (χ3n) is 3.69. The van der Waals surface area contributed by atoms with E-state index in [9.17, 15) is 0 Å². The van der Waals surface area contributed by atoms with Crippen molar-refractivity contribution < 1.29 is 0 Å². The van der Waals surface area contributed by atoms with Crippen LogP contribution in [0.15, 0.2) is 6.20 Å². The van der Waals surface area contributed by atoms with E-state index in [0.717, 1.165) is 19.0 Å². The molecule has 1 N–H and O–H groups in total. The first-order chi connectivity index (χ1) is 8.98. The van der Waals surface area contributed by atoms with E-state index in [1.807, 2.05) is 17.5 Å². The molecule has 1 aliphatic rings. The van der Waals surface area contributed by atoms with E-state index in [1.165, 1.54) is 35.8 Å². The van der Waals surface area contributed by atoms with Crippen molar-refractivity contribution in [3.63, 3.8) is 0 Å². The second kappa shape index (κ2) is 6.23. The number of nitrogens with zero attached hydrogens (tertiary/aromatic N) is 2. The van der Waals surface area contributed by atoms with Crippen LogP contribution in [0, 0.1) is 5.92 Å². The van der Waals surface area contributed by atoms with E-state index >= 15 is 0 Å². The van der Waals surface area contributed by atoms with Crippen molar-refractivity contribution in [2.24, 2.45) is 5.92 Å². The number of hydrogen-bond donors (Lipinski definition) is 1. The molecule has 0 bridgehead atoms. The Morgan fingerprint density at radius 1 is 1.42 bits per heavy atom. The SMILES string of the molecule is CCN(CC1CCC1)c1ncc(CNC(C)(C)C)s1. The summed E-state index contributed by atoms with van der Waals surface area (Å²) in [7, 11) is 0. The van der Waals surface area contributed by atoms with E-state index in [4.69, 9.17) is 0 Å².